The van der Waals surface area contributed by atoms with Crippen molar-refractivity contribution in [3.8, 4) is 0 Å². The highest BCUT2D eigenvalue weighted by Gasteiger charge is 2.42. The Morgan fingerprint density at radius 1 is 1.20 bits per heavy atom. The van der Waals surface area contributed by atoms with Gasteiger partial charge in [-0.1, -0.05) is 6.92 Å². The lowest BCUT2D eigenvalue weighted by molar-refractivity contribution is 0.106. The first kappa shape index (κ1) is 11.4. The summed E-state index contributed by atoms with van der Waals surface area (Å²) in [4.78, 5) is 2.72. The third kappa shape index (κ3) is 2.54. The number of nitrogens with zero attached hydrogens (tertiary/aromatic N) is 1. The average Bonchev–Trinajstić information content (AvgIpc) is 3.04. The highest BCUT2D eigenvalue weighted by atomic mass is 15.2. The molecule has 1 heterocycles. The van der Waals surface area contributed by atoms with Crippen molar-refractivity contribution in [2.45, 2.75) is 58.0 Å². The topological polar surface area (TPSA) is 15.3 Å². The molecule has 0 spiro atoms. The van der Waals surface area contributed by atoms with Crippen LogP contribution in [-0.4, -0.2) is 36.1 Å². The molecule has 2 fully saturated rings. The molecule has 0 aromatic heterocycles. The van der Waals surface area contributed by atoms with Crippen molar-refractivity contribution in [3.05, 3.63) is 0 Å². The summed E-state index contributed by atoms with van der Waals surface area (Å²) in [5, 5.41) is 3.65. The largest absolute Gasteiger partial charge is 0.313 e. The Morgan fingerprint density at radius 2 is 1.93 bits per heavy atom. The Morgan fingerprint density at radius 3 is 2.53 bits per heavy atom. The first-order valence-electron chi connectivity index (χ1n) is 6.63. The lowest BCUT2D eigenvalue weighted by Gasteiger charge is -2.38. The second-order valence-electron chi connectivity index (χ2n) is 5.76. The van der Waals surface area contributed by atoms with Crippen LogP contribution in [0.15, 0.2) is 0 Å². The fraction of sp³-hybridized carbons (Fsp3) is 1.00. The summed E-state index contributed by atoms with van der Waals surface area (Å²) in [6, 6.07) is 0.755. The van der Waals surface area contributed by atoms with Crippen LogP contribution in [0.25, 0.3) is 0 Å². The summed E-state index contributed by atoms with van der Waals surface area (Å²) in [6.07, 6.45) is 5.51. The summed E-state index contributed by atoms with van der Waals surface area (Å²) >= 11 is 0. The van der Waals surface area contributed by atoms with Gasteiger partial charge in [-0.2, -0.15) is 0 Å². The Hall–Kier alpha value is -0.0800. The molecule has 0 aromatic carbocycles. The van der Waals surface area contributed by atoms with E-state index in [1.54, 1.807) is 0 Å². The predicted octanol–water partition coefficient (Wildman–Crippen LogP) is 2.25. The smallest absolute Gasteiger partial charge is 0.0181 e. The molecule has 1 N–H and O–H groups in total. The van der Waals surface area contributed by atoms with Gasteiger partial charge in [0.25, 0.3) is 0 Å². The van der Waals surface area contributed by atoms with Crippen molar-refractivity contribution >= 4 is 0 Å². The van der Waals surface area contributed by atoms with Gasteiger partial charge in [-0.25, -0.2) is 0 Å². The van der Waals surface area contributed by atoms with Crippen molar-refractivity contribution in [2.24, 2.45) is 5.92 Å². The van der Waals surface area contributed by atoms with Crippen LogP contribution in [0.4, 0.5) is 0 Å². The van der Waals surface area contributed by atoms with Crippen LogP contribution in [-0.2, 0) is 0 Å². The lowest BCUT2D eigenvalue weighted by atomic mass is 9.95. The molecule has 1 saturated carbocycles. The zero-order valence-electron chi connectivity index (χ0n) is 10.6. The maximum atomic E-state index is 3.65. The van der Waals surface area contributed by atoms with E-state index in [0.29, 0.717) is 5.54 Å². The van der Waals surface area contributed by atoms with Crippen LogP contribution in [0.1, 0.15) is 46.5 Å². The van der Waals surface area contributed by atoms with Crippen molar-refractivity contribution < 1.29 is 0 Å². The van der Waals surface area contributed by atoms with Gasteiger partial charge >= 0.3 is 0 Å². The third-order valence-corrected chi connectivity index (χ3v) is 4.45. The van der Waals surface area contributed by atoms with E-state index in [1.807, 2.05) is 0 Å². The Bertz CT molecular complexity index is 209. The summed E-state index contributed by atoms with van der Waals surface area (Å²) in [5.74, 6) is 0.968. The molecule has 2 rings (SSSR count). The maximum Gasteiger partial charge on any atom is 0.0181 e. The van der Waals surface area contributed by atoms with E-state index in [1.165, 1.54) is 45.3 Å². The highest BCUT2D eigenvalue weighted by Crippen LogP contribution is 2.42. The zero-order valence-corrected chi connectivity index (χ0v) is 10.6. The molecule has 0 radical (unpaired) electrons. The standard InChI is InChI=1S/C13H26N2/c1-4-12-7-9-15(10-8-14-12)13(2,3)11-5-6-11/h11-12,14H,4-10H2,1-3H3. The molecule has 2 heteroatoms. The van der Waals surface area contributed by atoms with Gasteiger partial charge in [0, 0.05) is 31.2 Å². The molecule has 88 valence electrons. The molecule has 0 amide bonds. The van der Waals surface area contributed by atoms with Gasteiger partial charge < -0.3 is 5.32 Å². The van der Waals surface area contributed by atoms with Crippen LogP contribution in [0, 0.1) is 5.92 Å². The summed E-state index contributed by atoms with van der Waals surface area (Å²) in [6.45, 7) is 10.9. The molecule has 1 atom stereocenters. The van der Waals surface area contributed by atoms with E-state index in [4.69, 9.17) is 0 Å². The first-order chi connectivity index (χ1) is 7.14. The zero-order chi connectivity index (χ0) is 10.9. The summed E-state index contributed by atoms with van der Waals surface area (Å²) in [5.41, 5.74) is 0.449. The second-order valence-corrected chi connectivity index (χ2v) is 5.76. The molecule has 2 aliphatic rings. The van der Waals surface area contributed by atoms with Gasteiger partial charge in [-0.05, 0) is 45.4 Å². The molecule has 1 unspecified atom stereocenters. The van der Waals surface area contributed by atoms with Crippen molar-refractivity contribution in [1.29, 1.82) is 0 Å². The molecular weight excluding hydrogens is 184 g/mol. The second kappa shape index (κ2) is 4.42. The molecule has 0 aromatic rings. The van der Waals surface area contributed by atoms with Crippen LogP contribution in [0.5, 0.6) is 0 Å². The van der Waals surface area contributed by atoms with Crippen molar-refractivity contribution in [3.63, 3.8) is 0 Å². The maximum absolute atomic E-state index is 3.65. The van der Waals surface area contributed by atoms with Crippen LogP contribution < -0.4 is 5.32 Å². The van der Waals surface area contributed by atoms with E-state index in [2.05, 4.69) is 31.0 Å². The van der Waals surface area contributed by atoms with Crippen molar-refractivity contribution in [2.75, 3.05) is 19.6 Å². The Balaban J connectivity index is 1.92. The molecule has 2 nitrogen and oxygen atoms in total. The highest BCUT2D eigenvalue weighted by molar-refractivity contribution is 4.97. The summed E-state index contributed by atoms with van der Waals surface area (Å²) in [7, 11) is 0. The third-order valence-electron chi connectivity index (χ3n) is 4.45. The molecule has 0 bridgehead atoms. The first-order valence-corrected chi connectivity index (χ1v) is 6.63. The van der Waals surface area contributed by atoms with E-state index in [9.17, 15) is 0 Å². The van der Waals surface area contributed by atoms with E-state index < -0.39 is 0 Å². The van der Waals surface area contributed by atoms with E-state index >= 15 is 0 Å². The van der Waals surface area contributed by atoms with Crippen LogP contribution >= 0.6 is 0 Å². The summed E-state index contributed by atoms with van der Waals surface area (Å²) < 4.78 is 0. The molecule has 1 aliphatic carbocycles. The van der Waals surface area contributed by atoms with Gasteiger partial charge in [0.05, 0.1) is 0 Å². The minimum atomic E-state index is 0.449. The van der Waals surface area contributed by atoms with Gasteiger partial charge in [-0.3, -0.25) is 4.90 Å². The number of rotatable bonds is 3. The minimum Gasteiger partial charge on any atom is -0.313 e. The van der Waals surface area contributed by atoms with E-state index in [-0.39, 0.29) is 0 Å². The van der Waals surface area contributed by atoms with Crippen molar-refractivity contribution in [1.82, 2.24) is 10.2 Å². The molecule has 15 heavy (non-hydrogen) atoms. The number of nitrogens with one attached hydrogen (secondary N) is 1. The molecule has 1 saturated heterocycles. The minimum absolute atomic E-state index is 0.449. The fourth-order valence-corrected chi connectivity index (χ4v) is 2.90. The van der Waals surface area contributed by atoms with Crippen LogP contribution in [0.2, 0.25) is 0 Å². The average molecular weight is 210 g/mol. The van der Waals surface area contributed by atoms with Gasteiger partial charge in [-0.15, -0.1) is 0 Å². The SMILES string of the molecule is CCC1CCN(C(C)(C)C2CC2)CCN1. The number of hydrogen-bond acceptors (Lipinski definition) is 2. The fourth-order valence-electron chi connectivity index (χ4n) is 2.90. The normalized spacial score (nSPS) is 30.2. The van der Waals surface area contributed by atoms with Crippen LogP contribution in [0.3, 0.4) is 0 Å². The Labute approximate surface area is 94.4 Å². The Kier molecular flexibility index (Phi) is 3.36. The predicted molar refractivity (Wildman–Crippen MR) is 65.1 cm³/mol. The monoisotopic (exact) mass is 210 g/mol. The number of hydrogen-bond donors (Lipinski definition) is 1. The molecular formula is C13H26N2. The van der Waals surface area contributed by atoms with E-state index in [0.717, 1.165) is 12.0 Å². The van der Waals surface area contributed by atoms with Gasteiger partial charge in [0.15, 0.2) is 0 Å². The van der Waals surface area contributed by atoms with Gasteiger partial charge in [0.1, 0.15) is 0 Å². The lowest BCUT2D eigenvalue weighted by Crippen LogP contribution is -2.47. The molecule has 1 aliphatic heterocycles. The quantitative estimate of drug-likeness (QED) is 0.768. The van der Waals surface area contributed by atoms with Gasteiger partial charge in [0.2, 0.25) is 0 Å².